The van der Waals surface area contributed by atoms with Crippen LogP contribution in [0.4, 0.5) is 8.78 Å². The summed E-state index contributed by atoms with van der Waals surface area (Å²) in [5.74, 6) is -2.57. The molecule has 0 aromatic heterocycles. The quantitative estimate of drug-likeness (QED) is 0.478. The first-order chi connectivity index (χ1) is 8.51. The Morgan fingerprint density at radius 1 is 1.39 bits per heavy atom. The first kappa shape index (κ1) is 14.2. The highest BCUT2D eigenvalue weighted by atomic mass is 19.1. The number of halogens is 2. The zero-order valence-electron chi connectivity index (χ0n) is 9.42. The number of rotatable bonds is 5. The van der Waals surface area contributed by atoms with Gasteiger partial charge in [-0.15, -0.1) is 0 Å². The van der Waals surface area contributed by atoms with Crippen LogP contribution in [0.15, 0.2) is 17.2 Å². The minimum atomic E-state index is -1.56. The first-order valence-corrected chi connectivity index (χ1v) is 4.91. The van der Waals surface area contributed by atoms with Gasteiger partial charge in [0, 0.05) is 4.91 Å². The summed E-state index contributed by atoms with van der Waals surface area (Å²) in [4.78, 5) is 2.40. The second-order valence-electron chi connectivity index (χ2n) is 3.44. The Labute approximate surface area is 101 Å². The average molecular weight is 259 g/mol. The fourth-order valence-electron chi connectivity index (χ4n) is 1.39. The van der Waals surface area contributed by atoms with Gasteiger partial charge in [0.2, 0.25) is 0 Å². The van der Waals surface area contributed by atoms with Crippen LogP contribution in [0.2, 0.25) is 0 Å². The molecule has 0 amide bonds. The van der Waals surface area contributed by atoms with E-state index in [0.29, 0.717) is 0 Å². The molecule has 0 heterocycles. The monoisotopic (exact) mass is 259 g/mol. The van der Waals surface area contributed by atoms with E-state index in [4.69, 9.17) is 5.53 Å². The van der Waals surface area contributed by atoms with Gasteiger partial charge in [0.1, 0.15) is 6.10 Å². The van der Waals surface area contributed by atoms with Gasteiger partial charge in [0.15, 0.2) is 17.4 Å². The zero-order chi connectivity index (χ0) is 13.7. The highest BCUT2D eigenvalue weighted by Crippen LogP contribution is 2.27. The molecule has 8 heteroatoms. The number of benzene rings is 1. The van der Waals surface area contributed by atoms with Crippen LogP contribution in [0, 0.1) is 11.6 Å². The first-order valence-electron chi connectivity index (χ1n) is 4.91. The Balaban J connectivity index is 2.99. The lowest BCUT2D eigenvalue weighted by atomic mass is 10.0. The second kappa shape index (κ2) is 6.15. The van der Waals surface area contributed by atoms with Crippen molar-refractivity contribution < 1.29 is 23.7 Å². The molecule has 0 radical (unpaired) electrons. The van der Waals surface area contributed by atoms with Gasteiger partial charge in [0.25, 0.3) is 0 Å². The highest BCUT2D eigenvalue weighted by molar-refractivity contribution is 5.32. The predicted octanol–water partition coefficient (Wildman–Crippen LogP) is 1.68. The molecule has 6 nitrogen and oxygen atoms in total. The van der Waals surface area contributed by atoms with Crippen molar-refractivity contribution >= 4 is 0 Å². The Hall–Kier alpha value is -1.89. The van der Waals surface area contributed by atoms with Crippen LogP contribution >= 0.6 is 0 Å². The van der Waals surface area contributed by atoms with E-state index in [1.54, 1.807) is 0 Å². The van der Waals surface area contributed by atoms with E-state index < -0.39 is 36.1 Å². The van der Waals surface area contributed by atoms with Crippen molar-refractivity contribution in [2.75, 3.05) is 13.7 Å². The van der Waals surface area contributed by atoms with Gasteiger partial charge in [-0.1, -0.05) is 5.11 Å². The molecule has 18 heavy (non-hydrogen) atoms. The lowest BCUT2D eigenvalue weighted by Crippen LogP contribution is -2.21. The van der Waals surface area contributed by atoms with Gasteiger partial charge >= 0.3 is 0 Å². The Morgan fingerprint density at radius 3 is 2.39 bits per heavy atom. The van der Waals surface area contributed by atoms with Gasteiger partial charge < -0.3 is 14.9 Å². The molecule has 98 valence electrons. The number of nitrogens with zero attached hydrogens (tertiary/aromatic N) is 3. The van der Waals surface area contributed by atoms with E-state index in [0.717, 1.165) is 19.2 Å². The maximum Gasteiger partial charge on any atom is 0.190 e. The van der Waals surface area contributed by atoms with Gasteiger partial charge in [-0.2, -0.15) is 0 Å². The van der Waals surface area contributed by atoms with Crippen molar-refractivity contribution in [2.45, 2.75) is 12.2 Å². The standard InChI is InChI=1S/C10H11F2N3O3/c1-18-10-6(11)2-5(3-7(10)12)9(17)8(16)4-14-15-13/h2-3,8-9,16-17H,4H2,1H3. The molecule has 1 rings (SSSR count). The topological polar surface area (TPSA) is 98.5 Å². The number of methoxy groups -OCH3 is 1. The molecule has 0 saturated heterocycles. The van der Waals surface area contributed by atoms with Gasteiger partial charge in [-0.05, 0) is 23.2 Å². The summed E-state index contributed by atoms with van der Waals surface area (Å²) in [5.41, 5.74) is 7.88. The van der Waals surface area contributed by atoms with E-state index in [1.165, 1.54) is 0 Å². The molecule has 0 spiro atoms. The number of hydrogen-bond acceptors (Lipinski definition) is 4. The molecule has 2 unspecified atom stereocenters. The summed E-state index contributed by atoms with van der Waals surface area (Å²) in [7, 11) is 1.11. The van der Waals surface area contributed by atoms with Crippen molar-refractivity contribution in [2.24, 2.45) is 5.11 Å². The van der Waals surface area contributed by atoms with E-state index in [2.05, 4.69) is 14.8 Å². The van der Waals surface area contributed by atoms with E-state index in [1.807, 2.05) is 0 Å². The van der Waals surface area contributed by atoms with Crippen LogP contribution in [0.25, 0.3) is 10.4 Å². The Morgan fingerprint density at radius 2 is 1.94 bits per heavy atom. The summed E-state index contributed by atoms with van der Waals surface area (Å²) < 4.78 is 31.2. The summed E-state index contributed by atoms with van der Waals surface area (Å²) in [5, 5.41) is 22.1. The second-order valence-corrected chi connectivity index (χ2v) is 3.44. The maximum absolute atomic E-state index is 13.3. The van der Waals surface area contributed by atoms with Crippen molar-refractivity contribution in [3.05, 3.63) is 39.8 Å². The molecule has 1 aromatic carbocycles. The molecule has 0 aliphatic heterocycles. The predicted molar refractivity (Wildman–Crippen MR) is 57.9 cm³/mol. The molecule has 1 aromatic rings. The van der Waals surface area contributed by atoms with Crippen molar-refractivity contribution in [1.82, 2.24) is 0 Å². The molecule has 0 fully saturated rings. The van der Waals surface area contributed by atoms with E-state index >= 15 is 0 Å². The molecule has 2 atom stereocenters. The number of aliphatic hydroxyl groups excluding tert-OH is 2. The minimum Gasteiger partial charge on any atom is -0.491 e. The SMILES string of the molecule is COc1c(F)cc(C(O)C(O)CN=[N+]=[N-])cc1F. The molecular formula is C10H11F2N3O3. The third kappa shape index (κ3) is 3.07. The lowest BCUT2D eigenvalue weighted by Gasteiger charge is -2.17. The Kier molecular flexibility index (Phi) is 4.85. The van der Waals surface area contributed by atoms with Crippen molar-refractivity contribution in [1.29, 1.82) is 0 Å². The fraction of sp³-hybridized carbons (Fsp3) is 0.400. The van der Waals surface area contributed by atoms with Gasteiger partial charge in [-0.3, -0.25) is 0 Å². The number of hydrogen-bond donors (Lipinski definition) is 2. The summed E-state index contributed by atoms with van der Waals surface area (Å²) in [6.45, 7) is -0.410. The molecular weight excluding hydrogens is 248 g/mol. The zero-order valence-corrected chi connectivity index (χ0v) is 9.42. The lowest BCUT2D eigenvalue weighted by molar-refractivity contribution is 0.0240. The van der Waals surface area contributed by atoms with Crippen molar-refractivity contribution in [3.8, 4) is 5.75 Å². The fourth-order valence-corrected chi connectivity index (χ4v) is 1.39. The van der Waals surface area contributed by atoms with Crippen LogP contribution in [0.1, 0.15) is 11.7 Å². The Bertz CT molecular complexity index is 454. The van der Waals surface area contributed by atoms with Crippen LogP contribution < -0.4 is 4.74 Å². The van der Waals surface area contributed by atoms with E-state index in [9.17, 15) is 19.0 Å². The minimum absolute atomic E-state index is 0.175. The third-order valence-corrected chi connectivity index (χ3v) is 2.26. The van der Waals surface area contributed by atoms with E-state index in [-0.39, 0.29) is 5.56 Å². The largest absolute Gasteiger partial charge is 0.491 e. The normalized spacial score (nSPS) is 13.6. The number of azide groups is 1. The van der Waals surface area contributed by atoms with Crippen LogP contribution in [-0.4, -0.2) is 30.0 Å². The summed E-state index contributed by atoms with van der Waals surface area (Å²) in [6.07, 6.45) is -3.02. The number of aliphatic hydroxyl groups is 2. The maximum atomic E-state index is 13.3. The summed E-state index contributed by atoms with van der Waals surface area (Å²) >= 11 is 0. The number of ether oxygens (including phenoxy) is 1. The molecule has 0 bridgehead atoms. The van der Waals surface area contributed by atoms with Gasteiger partial charge in [0.05, 0.1) is 19.8 Å². The van der Waals surface area contributed by atoms with Crippen molar-refractivity contribution in [3.63, 3.8) is 0 Å². The summed E-state index contributed by atoms with van der Waals surface area (Å²) in [6, 6.07) is 1.68. The smallest absolute Gasteiger partial charge is 0.190 e. The molecule has 0 aliphatic rings. The van der Waals surface area contributed by atoms with Crippen LogP contribution in [-0.2, 0) is 0 Å². The third-order valence-electron chi connectivity index (χ3n) is 2.26. The van der Waals surface area contributed by atoms with Gasteiger partial charge in [-0.25, -0.2) is 8.78 Å². The highest BCUT2D eigenvalue weighted by Gasteiger charge is 2.21. The molecule has 0 aliphatic carbocycles. The molecule has 2 N–H and O–H groups in total. The average Bonchev–Trinajstić information content (AvgIpc) is 2.34. The van der Waals surface area contributed by atoms with Crippen LogP contribution in [0.3, 0.4) is 0 Å². The van der Waals surface area contributed by atoms with Crippen LogP contribution in [0.5, 0.6) is 5.75 Å². The molecule has 0 saturated carbocycles.